The molecule has 0 aromatic heterocycles. The van der Waals surface area contributed by atoms with Crippen molar-refractivity contribution in [2.24, 2.45) is 0 Å². The van der Waals surface area contributed by atoms with Crippen molar-refractivity contribution in [3.8, 4) is 11.5 Å². The first-order chi connectivity index (χ1) is 15.9. The first kappa shape index (κ1) is 22.7. The molecule has 0 aliphatic carbocycles. The van der Waals surface area contributed by atoms with Gasteiger partial charge in [-0.2, -0.15) is 0 Å². The minimum Gasteiger partial charge on any atom is -0.496 e. The number of nitrogens with zero attached hydrogens (tertiary/aromatic N) is 1. The van der Waals surface area contributed by atoms with E-state index in [0.717, 1.165) is 5.56 Å². The highest BCUT2D eigenvalue weighted by Crippen LogP contribution is 2.36. The van der Waals surface area contributed by atoms with Crippen LogP contribution in [0.1, 0.15) is 24.1 Å². The van der Waals surface area contributed by atoms with Gasteiger partial charge in [-0.3, -0.25) is 9.10 Å². The summed E-state index contributed by atoms with van der Waals surface area (Å²) in [5, 5.41) is 2.93. The van der Waals surface area contributed by atoms with E-state index >= 15 is 0 Å². The molecular formula is C25H26N2O5S. The Hall–Kier alpha value is -3.52. The van der Waals surface area contributed by atoms with Crippen molar-refractivity contribution >= 4 is 21.6 Å². The first-order valence-electron chi connectivity index (χ1n) is 10.6. The second kappa shape index (κ2) is 9.54. The maximum atomic E-state index is 13.3. The third-order valence-electron chi connectivity index (χ3n) is 5.52. The molecule has 33 heavy (non-hydrogen) atoms. The fraction of sp³-hybridized carbons (Fsp3) is 0.240. The van der Waals surface area contributed by atoms with E-state index in [0.29, 0.717) is 22.7 Å². The molecular weight excluding hydrogens is 440 g/mol. The number of hydrogen-bond donors (Lipinski definition) is 1. The number of ether oxygens (including phenoxy) is 2. The Balaban J connectivity index is 1.57. The standard InChI is InChI=1S/C25H26N2O5S/c1-18(20-12-6-8-14-22(20)31-2)26-25(28)24-16-27(21-13-7-9-15-23(21)32-24)33(29,30)17-19-10-4-3-5-11-19/h3-15,18,24H,16-17H2,1-2H3,(H,26,28)/t18-,24+/m1/s1. The zero-order valence-corrected chi connectivity index (χ0v) is 19.3. The number of amides is 1. The second-order valence-electron chi connectivity index (χ2n) is 7.82. The molecule has 0 saturated carbocycles. The van der Waals surface area contributed by atoms with Gasteiger partial charge in [-0.1, -0.05) is 60.7 Å². The molecule has 0 fully saturated rings. The summed E-state index contributed by atoms with van der Waals surface area (Å²) in [6.45, 7) is 1.73. The van der Waals surface area contributed by atoms with Crippen molar-refractivity contribution in [1.82, 2.24) is 5.32 Å². The fourth-order valence-corrected chi connectivity index (χ4v) is 5.46. The number of anilines is 1. The highest BCUT2D eigenvalue weighted by molar-refractivity contribution is 7.92. The van der Waals surface area contributed by atoms with E-state index in [1.54, 1.807) is 55.6 Å². The monoisotopic (exact) mass is 466 g/mol. The van der Waals surface area contributed by atoms with Gasteiger partial charge in [-0.05, 0) is 30.7 Å². The van der Waals surface area contributed by atoms with Crippen molar-refractivity contribution in [3.63, 3.8) is 0 Å². The molecule has 0 saturated heterocycles. The third kappa shape index (κ3) is 4.96. The van der Waals surface area contributed by atoms with Gasteiger partial charge < -0.3 is 14.8 Å². The van der Waals surface area contributed by atoms with Crippen molar-refractivity contribution in [1.29, 1.82) is 0 Å². The van der Waals surface area contributed by atoms with Gasteiger partial charge in [0.1, 0.15) is 11.5 Å². The van der Waals surface area contributed by atoms with Crippen LogP contribution < -0.4 is 19.1 Å². The summed E-state index contributed by atoms with van der Waals surface area (Å²) in [6.07, 6.45) is -0.998. The Morgan fingerprint density at radius 3 is 2.48 bits per heavy atom. The molecule has 3 aromatic carbocycles. The number of carbonyl (C=O) groups is 1. The second-order valence-corrected chi connectivity index (χ2v) is 9.71. The molecule has 1 aliphatic rings. The number of methoxy groups -OCH3 is 1. The van der Waals surface area contributed by atoms with Crippen LogP contribution in [-0.2, 0) is 20.6 Å². The Morgan fingerprint density at radius 1 is 1.06 bits per heavy atom. The number of nitrogens with one attached hydrogen (secondary N) is 1. The van der Waals surface area contributed by atoms with Gasteiger partial charge in [-0.25, -0.2) is 8.42 Å². The zero-order valence-electron chi connectivity index (χ0n) is 18.5. The summed E-state index contributed by atoms with van der Waals surface area (Å²) in [5.41, 5.74) is 1.92. The van der Waals surface area contributed by atoms with E-state index in [-0.39, 0.29) is 18.3 Å². The minimum atomic E-state index is -3.75. The van der Waals surface area contributed by atoms with E-state index in [4.69, 9.17) is 9.47 Å². The highest BCUT2D eigenvalue weighted by atomic mass is 32.2. The summed E-state index contributed by atoms with van der Waals surface area (Å²) in [6, 6.07) is 22.9. The maximum absolute atomic E-state index is 13.3. The van der Waals surface area contributed by atoms with E-state index in [1.165, 1.54) is 4.31 Å². The third-order valence-corrected chi connectivity index (χ3v) is 7.23. The highest BCUT2D eigenvalue weighted by Gasteiger charge is 2.37. The predicted molar refractivity (Wildman–Crippen MR) is 127 cm³/mol. The molecule has 3 aromatic rings. The van der Waals surface area contributed by atoms with Crippen molar-refractivity contribution in [2.75, 3.05) is 18.0 Å². The summed E-state index contributed by atoms with van der Waals surface area (Å²) >= 11 is 0. The summed E-state index contributed by atoms with van der Waals surface area (Å²) in [5.74, 6) is 0.439. The zero-order chi connectivity index (χ0) is 23.4. The van der Waals surface area contributed by atoms with Crippen LogP contribution >= 0.6 is 0 Å². The molecule has 2 atom stereocenters. The van der Waals surface area contributed by atoms with E-state index in [2.05, 4.69) is 5.32 Å². The molecule has 1 amide bonds. The summed E-state index contributed by atoms with van der Waals surface area (Å²) in [4.78, 5) is 13.1. The normalized spacial score (nSPS) is 16.3. The van der Waals surface area contributed by atoms with E-state index in [1.807, 2.05) is 37.3 Å². The van der Waals surface area contributed by atoms with Crippen LogP contribution in [0.4, 0.5) is 5.69 Å². The van der Waals surface area contributed by atoms with Gasteiger partial charge >= 0.3 is 0 Å². The van der Waals surface area contributed by atoms with Crippen LogP contribution in [0.3, 0.4) is 0 Å². The number of carbonyl (C=O) groups excluding carboxylic acids is 1. The van der Waals surface area contributed by atoms with Crippen molar-refractivity contribution < 1.29 is 22.7 Å². The summed E-state index contributed by atoms with van der Waals surface area (Å²) < 4.78 is 39.2. The SMILES string of the molecule is COc1ccccc1[C@@H](C)NC(=O)[C@@H]1CN(S(=O)(=O)Cc2ccccc2)c2ccccc2O1. The van der Waals surface area contributed by atoms with Crippen LogP contribution in [0, 0.1) is 0 Å². The molecule has 0 bridgehead atoms. The topological polar surface area (TPSA) is 84.9 Å². The minimum absolute atomic E-state index is 0.114. The average Bonchev–Trinajstić information content (AvgIpc) is 2.83. The number of benzene rings is 3. The number of fused-ring (bicyclic) bond motifs is 1. The van der Waals surface area contributed by atoms with Crippen LogP contribution in [0.2, 0.25) is 0 Å². The van der Waals surface area contributed by atoms with Gasteiger partial charge in [0.2, 0.25) is 10.0 Å². The Bertz CT molecular complexity index is 1230. The molecule has 7 nitrogen and oxygen atoms in total. The Labute approximate surface area is 194 Å². The lowest BCUT2D eigenvalue weighted by molar-refractivity contribution is -0.128. The molecule has 172 valence electrons. The van der Waals surface area contributed by atoms with E-state index < -0.39 is 22.0 Å². The van der Waals surface area contributed by atoms with Crippen LogP contribution in [0.25, 0.3) is 0 Å². The number of rotatable bonds is 7. The van der Waals surface area contributed by atoms with E-state index in [9.17, 15) is 13.2 Å². The molecule has 1 N–H and O–H groups in total. The quantitative estimate of drug-likeness (QED) is 0.574. The lowest BCUT2D eigenvalue weighted by Gasteiger charge is -2.35. The van der Waals surface area contributed by atoms with Crippen LogP contribution in [0.5, 0.6) is 11.5 Å². The number of hydrogen-bond acceptors (Lipinski definition) is 5. The predicted octanol–water partition coefficient (Wildman–Crippen LogP) is 3.67. The van der Waals surface area contributed by atoms with Crippen molar-refractivity contribution in [2.45, 2.75) is 24.8 Å². The molecule has 8 heteroatoms. The van der Waals surface area contributed by atoms with Gasteiger partial charge in [-0.15, -0.1) is 0 Å². The van der Waals surface area contributed by atoms with Gasteiger partial charge in [0.05, 0.1) is 31.1 Å². The smallest absolute Gasteiger partial charge is 0.263 e. The Morgan fingerprint density at radius 2 is 1.73 bits per heavy atom. The molecule has 0 radical (unpaired) electrons. The fourth-order valence-electron chi connectivity index (χ4n) is 3.87. The number of sulfonamides is 1. The molecule has 0 unspecified atom stereocenters. The average molecular weight is 467 g/mol. The van der Waals surface area contributed by atoms with Crippen LogP contribution in [-0.4, -0.2) is 34.1 Å². The molecule has 0 spiro atoms. The molecule has 1 heterocycles. The first-order valence-corrected chi connectivity index (χ1v) is 12.2. The molecule has 4 rings (SSSR count). The largest absolute Gasteiger partial charge is 0.496 e. The Kier molecular flexibility index (Phi) is 6.55. The lowest BCUT2D eigenvalue weighted by atomic mass is 10.1. The number of para-hydroxylation sites is 3. The van der Waals surface area contributed by atoms with Crippen molar-refractivity contribution in [3.05, 3.63) is 90.0 Å². The van der Waals surface area contributed by atoms with Crippen LogP contribution in [0.15, 0.2) is 78.9 Å². The van der Waals surface area contributed by atoms with Gasteiger partial charge in [0.15, 0.2) is 6.10 Å². The maximum Gasteiger partial charge on any atom is 0.263 e. The lowest BCUT2D eigenvalue weighted by Crippen LogP contribution is -2.51. The van der Waals surface area contributed by atoms with Gasteiger partial charge in [0.25, 0.3) is 5.91 Å². The van der Waals surface area contributed by atoms with Gasteiger partial charge in [0, 0.05) is 5.56 Å². The summed E-state index contributed by atoms with van der Waals surface area (Å²) in [7, 11) is -2.18. The molecule has 1 aliphatic heterocycles.